The Hall–Kier alpha value is -0.120. The van der Waals surface area contributed by atoms with Crippen LogP contribution in [0.3, 0.4) is 0 Å². The van der Waals surface area contributed by atoms with Crippen molar-refractivity contribution in [2.45, 2.75) is 37.8 Å². The van der Waals surface area contributed by atoms with Crippen molar-refractivity contribution in [3.05, 3.63) is 0 Å². The predicted octanol–water partition coefficient (Wildman–Crippen LogP) is 0.265. The van der Waals surface area contributed by atoms with Crippen LogP contribution in [0.5, 0.6) is 0 Å². The molecule has 0 radical (unpaired) electrons. The molecule has 0 amide bonds. The molecule has 3 heteroatoms. The van der Waals surface area contributed by atoms with Crippen LogP contribution < -0.4 is 5.73 Å². The normalized spacial score (nSPS) is 22.4. The molecule has 0 aromatic rings. The molecule has 1 aliphatic rings. The van der Waals surface area contributed by atoms with Crippen LogP contribution in [0.15, 0.2) is 0 Å². The van der Waals surface area contributed by atoms with E-state index in [4.69, 9.17) is 15.6 Å². The number of aliphatic hydroxyl groups is 1. The highest BCUT2D eigenvalue weighted by Gasteiger charge is 2.15. The first-order chi connectivity index (χ1) is 5.33. The summed E-state index contributed by atoms with van der Waals surface area (Å²) in [7, 11) is 0. The van der Waals surface area contributed by atoms with Crippen LogP contribution >= 0.6 is 0 Å². The zero-order valence-electron chi connectivity index (χ0n) is 6.83. The largest absolute Gasteiger partial charge is 0.395 e. The molecule has 0 spiro atoms. The maximum absolute atomic E-state index is 8.60. The van der Waals surface area contributed by atoms with Gasteiger partial charge in [0.2, 0.25) is 0 Å². The van der Waals surface area contributed by atoms with Crippen molar-refractivity contribution in [1.29, 1.82) is 0 Å². The Morgan fingerprint density at radius 1 is 1.45 bits per heavy atom. The minimum absolute atomic E-state index is 0.0206. The molecule has 3 nitrogen and oxygen atoms in total. The molecule has 0 heterocycles. The van der Waals surface area contributed by atoms with E-state index in [1.165, 1.54) is 12.8 Å². The van der Waals surface area contributed by atoms with E-state index < -0.39 is 0 Å². The second-order valence-electron chi connectivity index (χ2n) is 3.18. The van der Waals surface area contributed by atoms with Gasteiger partial charge in [-0.05, 0) is 12.8 Å². The monoisotopic (exact) mass is 159 g/mol. The zero-order valence-corrected chi connectivity index (χ0v) is 6.83. The summed E-state index contributed by atoms with van der Waals surface area (Å²) in [6, 6.07) is -0.199. The van der Waals surface area contributed by atoms with Gasteiger partial charge < -0.3 is 15.6 Å². The summed E-state index contributed by atoms with van der Waals surface area (Å²) in [5.74, 6) is 0. The molecule has 1 fully saturated rings. The molecular weight excluding hydrogens is 142 g/mol. The predicted molar refractivity (Wildman–Crippen MR) is 43.3 cm³/mol. The Labute approximate surface area is 67.5 Å². The summed E-state index contributed by atoms with van der Waals surface area (Å²) in [4.78, 5) is 0. The summed E-state index contributed by atoms with van der Waals surface area (Å²) >= 11 is 0. The van der Waals surface area contributed by atoms with Gasteiger partial charge in [0.25, 0.3) is 0 Å². The zero-order chi connectivity index (χ0) is 8.10. The molecule has 0 aromatic carbocycles. The van der Waals surface area contributed by atoms with Crippen LogP contribution in [0.1, 0.15) is 25.7 Å². The van der Waals surface area contributed by atoms with Gasteiger partial charge in [0.1, 0.15) is 0 Å². The van der Waals surface area contributed by atoms with E-state index in [2.05, 4.69) is 0 Å². The first-order valence-electron chi connectivity index (χ1n) is 4.31. The van der Waals surface area contributed by atoms with Crippen molar-refractivity contribution >= 4 is 0 Å². The Kier molecular flexibility index (Phi) is 3.83. The third-order valence-electron chi connectivity index (χ3n) is 2.08. The Bertz CT molecular complexity index is 102. The minimum atomic E-state index is -0.199. The van der Waals surface area contributed by atoms with Gasteiger partial charge in [-0.3, -0.25) is 0 Å². The third-order valence-corrected chi connectivity index (χ3v) is 2.08. The van der Waals surface area contributed by atoms with Crippen molar-refractivity contribution in [1.82, 2.24) is 0 Å². The van der Waals surface area contributed by atoms with Crippen LogP contribution in [0.25, 0.3) is 0 Å². The quantitative estimate of drug-likeness (QED) is 0.619. The summed E-state index contributed by atoms with van der Waals surface area (Å²) < 4.78 is 5.47. The first kappa shape index (κ1) is 8.97. The molecule has 1 saturated carbocycles. The molecule has 0 bridgehead atoms. The fourth-order valence-electron chi connectivity index (χ4n) is 1.37. The molecule has 1 unspecified atom stereocenters. The highest BCUT2D eigenvalue weighted by molar-refractivity contribution is 4.68. The number of ether oxygens (including phenoxy) is 1. The van der Waals surface area contributed by atoms with Gasteiger partial charge >= 0.3 is 0 Å². The van der Waals surface area contributed by atoms with E-state index in [0.29, 0.717) is 12.7 Å². The second-order valence-corrected chi connectivity index (χ2v) is 3.18. The smallest absolute Gasteiger partial charge is 0.0643 e. The lowest BCUT2D eigenvalue weighted by molar-refractivity contribution is 0.0390. The first-order valence-corrected chi connectivity index (χ1v) is 4.31. The Morgan fingerprint density at radius 2 is 2.09 bits per heavy atom. The van der Waals surface area contributed by atoms with E-state index in [1.807, 2.05) is 0 Å². The van der Waals surface area contributed by atoms with Gasteiger partial charge in [0.15, 0.2) is 0 Å². The molecule has 1 rings (SSSR count). The number of aliphatic hydroxyl groups excluding tert-OH is 1. The van der Waals surface area contributed by atoms with Crippen molar-refractivity contribution in [2.24, 2.45) is 5.73 Å². The van der Waals surface area contributed by atoms with Crippen LogP contribution in [0, 0.1) is 0 Å². The second kappa shape index (κ2) is 4.70. The lowest BCUT2D eigenvalue weighted by Gasteiger charge is -2.13. The third kappa shape index (κ3) is 3.18. The summed E-state index contributed by atoms with van der Waals surface area (Å²) in [5, 5.41) is 8.60. The molecule has 66 valence electrons. The topological polar surface area (TPSA) is 55.5 Å². The van der Waals surface area contributed by atoms with Crippen molar-refractivity contribution < 1.29 is 9.84 Å². The minimum Gasteiger partial charge on any atom is -0.395 e. The molecule has 0 aromatic heterocycles. The van der Waals surface area contributed by atoms with E-state index in [0.717, 1.165) is 12.8 Å². The molecule has 3 N–H and O–H groups in total. The van der Waals surface area contributed by atoms with Crippen LogP contribution in [0.4, 0.5) is 0 Å². The molecule has 0 saturated heterocycles. The van der Waals surface area contributed by atoms with Gasteiger partial charge in [-0.1, -0.05) is 12.8 Å². The van der Waals surface area contributed by atoms with E-state index >= 15 is 0 Å². The van der Waals surface area contributed by atoms with Gasteiger partial charge in [-0.25, -0.2) is 0 Å². The average molecular weight is 159 g/mol. The maximum atomic E-state index is 8.60. The standard InChI is InChI=1S/C8H17NO2/c9-7(5-10)6-11-8-3-1-2-4-8/h7-8,10H,1-6,9H2. The molecule has 1 atom stereocenters. The van der Waals surface area contributed by atoms with Gasteiger partial charge in [-0.15, -0.1) is 0 Å². The molecule has 0 aliphatic heterocycles. The van der Waals surface area contributed by atoms with E-state index in [-0.39, 0.29) is 12.6 Å². The molecule has 11 heavy (non-hydrogen) atoms. The van der Waals surface area contributed by atoms with Crippen molar-refractivity contribution in [3.8, 4) is 0 Å². The molecule has 1 aliphatic carbocycles. The number of hydrogen-bond donors (Lipinski definition) is 2. The van der Waals surface area contributed by atoms with Gasteiger partial charge in [0, 0.05) is 0 Å². The van der Waals surface area contributed by atoms with Gasteiger partial charge in [0.05, 0.1) is 25.4 Å². The number of rotatable bonds is 4. The summed E-state index contributed by atoms with van der Waals surface area (Å²) in [5.41, 5.74) is 5.48. The Morgan fingerprint density at radius 3 is 2.64 bits per heavy atom. The van der Waals surface area contributed by atoms with Crippen LogP contribution in [0.2, 0.25) is 0 Å². The summed E-state index contributed by atoms with van der Waals surface area (Å²) in [6.07, 6.45) is 5.29. The number of nitrogens with two attached hydrogens (primary N) is 1. The number of hydrogen-bond acceptors (Lipinski definition) is 3. The highest BCUT2D eigenvalue weighted by Crippen LogP contribution is 2.20. The van der Waals surface area contributed by atoms with Crippen molar-refractivity contribution in [2.75, 3.05) is 13.2 Å². The van der Waals surface area contributed by atoms with E-state index in [9.17, 15) is 0 Å². The highest BCUT2D eigenvalue weighted by atomic mass is 16.5. The lowest BCUT2D eigenvalue weighted by Crippen LogP contribution is -2.31. The fraction of sp³-hybridized carbons (Fsp3) is 1.00. The fourth-order valence-corrected chi connectivity index (χ4v) is 1.37. The average Bonchev–Trinajstić information content (AvgIpc) is 2.52. The van der Waals surface area contributed by atoms with Crippen LogP contribution in [-0.2, 0) is 4.74 Å². The Balaban J connectivity index is 2.01. The SMILES string of the molecule is NC(CO)COC1CCCC1. The van der Waals surface area contributed by atoms with Crippen LogP contribution in [-0.4, -0.2) is 30.5 Å². The lowest BCUT2D eigenvalue weighted by atomic mass is 10.3. The summed E-state index contributed by atoms with van der Waals surface area (Å²) in [6.45, 7) is 0.522. The maximum Gasteiger partial charge on any atom is 0.0643 e. The van der Waals surface area contributed by atoms with Gasteiger partial charge in [-0.2, -0.15) is 0 Å². The molecular formula is C8H17NO2. The van der Waals surface area contributed by atoms with E-state index in [1.54, 1.807) is 0 Å². The van der Waals surface area contributed by atoms with Crippen molar-refractivity contribution in [3.63, 3.8) is 0 Å².